The molecule has 0 bridgehead atoms. The molecule has 0 aliphatic carbocycles. The minimum absolute atomic E-state index is 0.0795. The maximum absolute atomic E-state index is 11.9. The Morgan fingerprint density at radius 1 is 1.80 bits per heavy atom. The van der Waals surface area contributed by atoms with Crippen molar-refractivity contribution in [3.63, 3.8) is 0 Å². The maximum Gasteiger partial charge on any atom is 0.259 e. The van der Waals surface area contributed by atoms with Crippen molar-refractivity contribution in [1.82, 2.24) is 10.1 Å². The molecule has 1 amide bonds. The Kier molecular flexibility index (Phi) is 4.05. The smallest absolute Gasteiger partial charge is 0.259 e. The molecule has 0 unspecified atom stereocenters. The number of aryl methyl sites for hydroxylation is 1. The Hall–Kier alpha value is -1.62. The molecule has 1 aromatic rings. The van der Waals surface area contributed by atoms with E-state index in [1.54, 1.807) is 13.0 Å². The third-order valence-corrected chi connectivity index (χ3v) is 1.99. The Balaban J connectivity index is 2.80. The molecule has 0 atom stereocenters. The van der Waals surface area contributed by atoms with E-state index in [0.717, 1.165) is 0 Å². The number of rotatable bonds is 5. The van der Waals surface area contributed by atoms with Crippen molar-refractivity contribution < 1.29 is 14.4 Å². The zero-order chi connectivity index (χ0) is 11.3. The van der Waals surface area contributed by atoms with Gasteiger partial charge in [-0.25, -0.2) is 0 Å². The van der Waals surface area contributed by atoms with E-state index >= 15 is 0 Å². The van der Waals surface area contributed by atoms with Crippen LogP contribution in [0.5, 0.6) is 0 Å². The first-order valence-corrected chi connectivity index (χ1v) is 4.63. The first kappa shape index (κ1) is 11.5. The first-order valence-electron chi connectivity index (χ1n) is 4.63. The van der Waals surface area contributed by atoms with E-state index in [1.807, 2.05) is 0 Å². The second kappa shape index (κ2) is 5.31. The summed E-state index contributed by atoms with van der Waals surface area (Å²) in [7, 11) is 0. The number of hydrogen-bond acceptors (Lipinski definition) is 4. The fourth-order valence-corrected chi connectivity index (χ4v) is 1.23. The number of hydrogen-bond donors (Lipinski definition) is 1. The fraction of sp³-hybridized carbons (Fsp3) is 0.400. The number of carbonyl (C=O) groups excluding carboxylic acids is 1. The van der Waals surface area contributed by atoms with Crippen LogP contribution in [0, 0.1) is 6.92 Å². The largest absolute Gasteiger partial charge is 0.395 e. The zero-order valence-corrected chi connectivity index (χ0v) is 8.64. The van der Waals surface area contributed by atoms with Crippen molar-refractivity contribution in [2.75, 3.05) is 19.7 Å². The number of amides is 1. The van der Waals surface area contributed by atoms with Crippen LogP contribution in [0.2, 0.25) is 0 Å². The summed E-state index contributed by atoms with van der Waals surface area (Å²) in [6, 6.07) is 0. The fourth-order valence-electron chi connectivity index (χ4n) is 1.23. The zero-order valence-electron chi connectivity index (χ0n) is 8.64. The van der Waals surface area contributed by atoms with Gasteiger partial charge in [-0.3, -0.25) is 4.79 Å². The van der Waals surface area contributed by atoms with Gasteiger partial charge in [0.1, 0.15) is 11.3 Å². The number of aromatic nitrogens is 1. The summed E-state index contributed by atoms with van der Waals surface area (Å²) in [6.45, 7) is 5.81. The highest BCUT2D eigenvalue weighted by Gasteiger charge is 2.18. The van der Waals surface area contributed by atoms with Crippen LogP contribution in [0.1, 0.15) is 16.1 Å². The minimum Gasteiger partial charge on any atom is -0.395 e. The van der Waals surface area contributed by atoms with Crippen LogP contribution >= 0.6 is 0 Å². The van der Waals surface area contributed by atoms with E-state index in [2.05, 4.69) is 11.7 Å². The van der Waals surface area contributed by atoms with Gasteiger partial charge >= 0.3 is 0 Å². The lowest BCUT2D eigenvalue weighted by Crippen LogP contribution is -2.33. The Labute approximate surface area is 88.0 Å². The van der Waals surface area contributed by atoms with Crippen molar-refractivity contribution in [1.29, 1.82) is 0 Å². The average molecular weight is 210 g/mol. The number of nitrogens with zero attached hydrogens (tertiary/aromatic N) is 2. The monoisotopic (exact) mass is 210 g/mol. The lowest BCUT2D eigenvalue weighted by atomic mass is 10.2. The minimum atomic E-state index is -0.206. The van der Waals surface area contributed by atoms with Gasteiger partial charge in [0.05, 0.1) is 12.8 Å². The maximum atomic E-state index is 11.9. The molecule has 15 heavy (non-hydrogen) atoms. The van der Waals surface area contributed by atoms with Gasteiger partial charge in [0, 0.05) is 13.1 Å². The molecule has 0 spiro atoms. The van der Waals surface area contributed by atoms with E-state index in [0.29, 0.717) is 17.9 Å². The molecule has 1 aromatic heterocycles. The lowest BCUT2D eigenvalue weighted by Gasteiger charge is -2.18. The second-order valence-electron chi connectivity index (χ2n) is 3.06. The van der Waals surface area contributed by atoms with E-state index in [1.165, 1.54) is 11.1 Å². The highest BCUT2D eigenvalue weighted by molar-refractivity contribution is 5.94. The quantitative estimate of drug-likeness (QED) is 0.723. The molecule has 5 nitrogen and oxygen atoms in total. The number of aliphatic hydroxyl groups excluding tert-OH is 1. The van der Waals surface area contributed by atoms with Gasteiger partial charge in [0.25, 0.3) is 5.91 Å². The van der Waals surface area contributed by atoms with Crippen LogP contribution in [0.3, 0.4) is 0 Å². The summed E-state index contributed by atoms with van der Waals surface area (Å²) in [4.78, 5) is 13.4. The molecule has 82 valence electrons. The van der Waals surface area contributed by atoms with E-state index in [9.17, 15) is 4.79 Å². The van der Waals surface area contributed by atoms with Gasteiger partial charge in [-0.1, -0.05) is 11.2 Å². The van der Waals surface area contributed by atoms with Crippen LogP contribution < -0.4 is 0 Å². The molecule has 0 aliphatic rings. The molecule has 0 saturated carbocycles. The van der Waals surface area contributed by atoms with Crippen molar-refractivity contribution in [3.8, 4) is 0 Å². The first-order chi connectivity index (χ1) is 7.20. The van der Waals surface area contributed by atoms with Gasteiger partial charge in [-0.2, -0.15) is 0 Å². The van der Waals surface area contributed by atoms with Gasteiger partial charge in [-0.05, 0) is 6.92 Å². The normalized spacial score (nSPS) is 10.0. The molecule has 0 fully saturated rings. The number of aliphatic hydroxyl groups is 1. The van der Waals surface area contributed by atoms with Crippen molar-refractivity contribution >= 4 is 5.91 Å². The summed E-state index contributed by atoms with van der Waals surface area (Å²) >= 11 is 0. The van der Waals surface area contributed by atoms with Gasteiger partial charge in [-0.15, -0.1) is 6.58 Å². The Morgan fingerprint density at radius 2 is 2.53 bits per heavy atom. The Bertz CT molecular complexity index is 346. The molecule has 1 rings (SSSR count). The number of carbonyl (C=O) groups is 1. The second-order valence-corrected chi connectivity index (χ2v) is 3.06. The van der Waals surface area contributed by atoms with Crippen LogP contribution in [-0.2, 0) is 0 Å². The highest BCUT2D eigenvalue weighted by Crippen LogP contribution is 2.09. The van der Waals surface area contributed by atoms with Crippen LogP contribution in [0.25, 0.3) is 0 Å². The SMILES string of the molecule is C=CCN(CCO)C(=O)c1cnoc1C. The van der Waals surface area contributed by atoms with Gasteiger partial charge in [0.15, 0.2) is 0 Å². The molecule has 0 saturated heterocycles. The molecular formula is C10H14N2O3. The highest BCUT2D eigenvalue weighted by atomic mass is 16.5. The molecule has 0 aliphatic heterocycles. The van der Waals surface area contributed by atoms with E-state index in [4.69, 9.17) is 9.63 Å². The molecular weight excluding hydrogens is 196 g/mol. The lowest BCUT2D eigenvalue weighted by molar-refractivity contribution is 0.0741. The molecule has 1 N–H and O–H groups in total. The van der Waals surface area contributed by atoms with Crippen LogP contribution in [-0.4, -0.2) is 40.8 Å². The third-order valence-electron chi connectivity index (χ3n) is 1.99. The summed E-state index contributed by atoms with van der Waals surface area (Å²) in [5.41, 5.74) is 0.422. The third kappa shape index (κ3) is 2.66. The molecule has 1 heterocycles. The van der Waals surface area contributed by atoms with Crippen LogP contribution in [0.4, 0.5) is 0 Å². The van der Waals surface area contributed by atoms with Crippen LogP contribution in [0.15, 0.2) is 23.4 Å². The standard InChI is InChI=1S/C10H14N2O3/c1-3-4-12(5-6-13)10(14)9-7-11-15-8(9)2/h3,7,13H,1,4-6H2,2H3. The topological polar surface area (TPSA) is 66.6 Å². The summed E-state index contributed by atoms with van der Waals surface area (Å²) in [6.07, 6.45) is 2.99. The van der Waals surface area contributed by atoms with Gasteiger partial charge < -0.3 is 14.5 Å². The predicted molar refractivity (Wildman–Crippen MR) is 54.4 cm³/mol. The molecule has 0 aromatic carbocycles. The van der Waals surface area contributed by atoms with Crippen molar-refractivity contribution in [2.24, 2.45) is 0 Å². The molecule has 5 heteroatoms. The summed E-state index contributed by atoms with van der Waals surface area (Å²) < 4.78 is 4.81. The van der Waals surface area contributed by atoms with E-state index in [-0.39, 0.29) is 19.1 Å². The Morgan fingerprint density at radius 3 is 3.00 bits per heavy atom. The van der Waals surface area contributed by atoms with E-state index < -0.39 is 0 Å². The average Bonchev–Trinajstić information content (AvgIpc) is 2.63. The summed E-state index contributed by atoms with van der Waals surface area (Å²) in [5.74, 6) is 0.273. The van der Waals surface area contributed by atoms with Crippen molar-refractivity contribution in [2.45, 2.75) is 6.92 Å². The van der Waals surface area contributed by atoms with Gasteiger partial charge in [0.2, 0.25) is 0 Å². The summed E-state index contributed by atoms with van der Waals surface area (Å²) in [5, 5.41) is 12.3. The predicted octanol–water partition coefficient (Wildman–Crippen LogP) is 0.604. The van der Waals surface area contributed by atoms with Crippen molar-refractivity contribution in [3.05, 3.63) is 30.2 Å². The molecule has 0 radical (unpaired) electrons.